The molecule has 0 radical (unpaired) electrons. The van der Waals surface area contributed by atoms with Gasteiger partial charge >= 0.3 is 0 Å². The molecule has 2 N–H and O–H groups in total. The molecule has 0 fully saturated rings. The number of halogens is 1. The number of rotatable bonds is 13. The number of benzene rings is 2. The van der Waals surface area contributed by atoms with Crippen LogP contribution >= 0.6 is 11.6 Å². The minimum Gasteiger partial charge on any atom is -0.493 e. The summed E-state index contributed by atoms with van der Waals surface area (Å²) in [5.74, 6) is 0.622. The van der Waals surface area contributed by atoms with Crippen LogP contribution in [0.3, 0.4) is 0 Å². The van der Waals surface area contributed by atoms with Crippen molar-refractivity contribution in [2.24, 2.45) is 5.92 Å². The zero-order valence-corrected chi connectivity index (χ0v) is 21.6. The molecule has 186 valence electrons. The van der Waals surface area contributed by atoms with Crippen LogP contribution in [-0.4, -0.2) is 46.4 Å². The average molecular weight is 509 g/mol. The van der Waals surface area contributed by atoms with Crippen molar-refractivity contribution in [2.75, 3.05) is 26.0 Å². The van der Waals surface area contributed by atoms with Crippen LogP contribution in [-0.2, 0) is 21.2 Å². The van der Waals surface area contributed by atoms with Crippen LogP contribution in [0.1, 0.15) is 31.9 Å². The number of ether oxygens (including phenoxy) is 2. The summed E-state index contributed by atoms with van der Waals surface area (Å²) in [7, 11) is -1.90. The molecule has 0 bridgehead atoms. The molecular formula is C25H33ClN2O5S. The van der Waals surface area contributed by atoms with E-state index >= 15 is 0 Å². The Labute approximate surface area is 207 Å². The minimum absolute atomic E-state index is 0.0748. The van der Waals surface area contributed by atoms with Gasteiger partial charge in [-0.2, -0.15) is 0 Å². The summed E-state index contributed by atoms with van der Waals surface area (Å²) in [6, 6.07) is 12.3. The molecule has 2 aromatic carbocycles. The van der Waals surface area contributed by atoms with E-state index in [0.29, 0.717) is 36.1 Å². The van der Waals surface area contributed by atoms with Gasteiger partial charge in [0.15, 0.2) is 11.5 Å². The quantitative estimate of drug-likeness (QED) is 0.425. The Bertz CT molecular complexity index is 1070. The van der Waals surface area contributed by atoms with Crippen molar-refractivity contribution >= 4 is 33.6 Å². The number of amides is 1. The smallest absolute Gasteiger partial charge is 0.238 e. The SMILES string of the molecule is CCS(=O)(=O)N[C@H](C(=O)NCCc1ccc(OC/C=C\c2ccc(Cl)cc2)c(OC)c1)C(C)C. The Morgan fingerprint density at radius 1 is 1.12 bits per heavy atom. The zero-order chi connectivity index (χ0) is 25.1. The van der Waals surface area contributed by atoms with Crippen molar-refractivity contribution in [2.45, 2.75) is 33.2 Å². The highest BCUT2D eigenvalue weighted by Crippen LogP contribution is 2.28. The Morgan fingerprint density at radius 3 is 2.44 bits per heavy atom. The summed E-state index contributed by atoms with van der Waals surface area (Å²) in [4.78, 5) is 12.5. The molecule has 2 rings (SSSR count). The van der Waals surface area contributed by atoms with Gasteiger partial charge in [0.2, 0.25) is 15.9 Å². The molecule has 0 aromatic heterocycles. The molecule has 34 heavy (non-hydrogen) atoms. The van der Waals surface area contributed by atoms with Crippen molar-refractivity contribution in [1.82, 2.24) is 10.0 Å². The number of sulfonamides is 1. The molecule has 0 unspecified atom stereocenters. The fraction of sp³-hybridized carbons (Fsp3) is 0.400. The highest BCUT2D eigenvalue weighted by atomic mass is 35.5. The van der Waals surface area contributed by atoms with E-state index in [-0.39, 0.29) is 17.6 Å². The lowest BCUT2D eigenvalue weighted by atomic mass is 10.0. The molecule has 1 amide bonds. The molecule has 0 aliphatic rings. The maximum absolute atomic E-state index is 12.5. The van der Waals surface area contributed by atoms with Gasteiger partial charge in [0.05, 0.1) is 12.9 Å². The van der Waals surface area contributed by atoms with Gasteiger partial charge in [0.1, 0.15) is 12.6 Å². The number of carbonyl (C=O) groups excluding carboxylic acids is 1. The second-order valence-corrected chi connectivity index (χ2v) is 10.5. The van der Waals surface area contributed by atoms with Gasteiger partial charge in [-0.3, -0.25) is 4.79 Å². The van der Waals surface area contributed by atoms with Gasteiger partial charge in [-0.05, 0) is 60.7 Å². The number of hydrogen-bond donors (Lipinski definition) is 2. The number of carbonyl (C=O) groups is 1. The molecule has 0 saturated carbocycles. The highest BCUT2D eigenvalue weighted by Gasteiger charge is 2.26. The first-order valence-corrected chi connectivity index (χ1v) is 13.2. The van der Waals surface area contributed by atoms with Crippen LogP contribution in [0.25, 0.3) is 6.08 Å². The molecule has 0 spiro atoms. The molecule has 2 aromatic rings. The highest BCUT2D eigenvalue weighted by molar-refractivity contribution is 7.89. The first-order chi connectivity index (χ1) is 16.1. The van der Waals surface area contributed by atoms with Crippen molar-refractivity contribution in [3.63, 3.8) is 0 Å². The summed E-state index contributed by atoms with van der Waals surface area (Å²) < 4.78 is 37.5. The van der Waals surface area contributed by atoms with E-state index in [1.54, 1.807) is 21.0 Å². The lowest BCUT2D eigenvalue weighted by molar-refractivity contribution is -0.123. The minimum atomic E-state index is -3.48. The maximum atomic E-state index is 12.5. The monoisotopic (exact) mass is 508 g/mol. The van der Waals surface area contributed by atoms with Crippen LogP contribution in [0.15, 0.2) is 48.5 Å². The van der Waals surface area contributed by atoms with Crippen molar-refractivity contribution in [3.8, 4) is 11.5 Å². The third kappa shape index (κ3) is 9.00. The predicted molar refractivity (Wildman–Crippen MR) is 137 cm³/mol. The topological polar surface area (TPSA) is 93.7 Å². The van der Waals surface area contributed by atoms with E-state index in [2.05, 4.69) is 10.0 Å². The Morgan fingerprint density at radius 2 is 1.82 bits per heavy atom. The first kappa shape index (κ1) is 27.7. The van der Waals surface area contributed by atoms with E-state index in [4.69, 9.17) is 21.1 Å². The lowest BCUT2D eigenvalue weighted by Gasteiger charge is -2.21. The fourth-order valence-corrected chi connectivity index (χ4v) is 4.15. The zero-order valence-electron chi connectivity index (χ0n) is 20.0. The van der Waals surface area contributed by atoms with Gasteiger partial charge in [0, 0.05) is 11.6 Å². The van der Waals surface area contributed by atoms with Crippen LogP contribution in [0.4, 0.5) is 0 Å². The molecular weight excluding hydrogens is 476 g/mol. The van der Waals surface area contributed by atoms with Gasteiger partial charge in [-0.1, -0.05) is 49.7 Å². The number of nitrogens with one attached hydrogen (secondary N) is 2. The van der Waals surface area contributed by atoms with E-state index in [1.165, 1.54) is 6.92 Å². The first-order valence-electron chi connectivity index (χ1n) is 11.1. The van der Waals surface area contributed by atoms with E-state index in [0.717, 1.165) is 11.1 Å². The Hall–Kier alpha value is -2.55. The number of methoxy groups -OCH3 is 1. The van der Waals surface area contributed by atoms with Crippen molar-refractivity contribution in [1.29, 1.82) is 0 Å². The van der Waals surface area contributed by atoms with E-state index < -0.39 is 16.1 Å². The molecule has 9 heteroatoms. The van der Waals surface area contributed by atoms with Crippen LogP contribution in [0.2, 0.25) is 5.02 Å². The van der Waals surface area contributed by atoms with Crippen molar-refractivity contribution in [3.05, 3.63) is 64.7 Å². The second kappa shape index (κ2) is 13.4. The van der Waals surface area contributed by atoms with Gasteiger partial charge in [-0.15, -0.1) is 0 Å². The third-order valence-corrected chi connectivity index (χ3v) is 6.72. The summed E-state index contributed by atoms with van der Waals surface area (Å²) in [5.41, 5.74) is 1.98. The largest absolute Gasteiger partial charge is 0.493 e. The summed E-state index contributed by atoms with van der Waals surface area (Å²) in [5, 5.41) is 3.51. The lowest BCUT2D eigenvalue weighted by Crippen LogP contribution is -2.50. The fourth-order valence-electron chi connectivity index (χ4n) is 3.09. The van der Waals surface area contributed by atoms with Crippen LogP contribution in [0.5, 0.6) is 11.5 Å². The van der Waals surface area contributed by atoms with Gasteiger partial charge < -0.3 is 14.8 Å². The number of hydrogen-bond acceptors (Lipinski definition) is 5. The Balaban J connectivity index is 1.89. The Kier molecular flexibility index (Phi) is 10.9. The van der Waals surface area contributed by atoms with E-state index in [9.17, 15) is 13.2 Å². The summed E-state index contributed by atoms with van der Waals surface area (Å²) in [6.07, 6.45) is 4.42. The molecule has 0 heterocycles. The predicted octanol–water partition coefficient (Wildman–Crippen LogP) is 4.06. The average Bonchev–Trinajstić information content (AvgIpc) is 2.81. The second-order valence-electron chi connectivity index (χ2n) is 8.03. The van der Waals surface area contributed by atoms with Gasteiger partial charge in [0.25, 0.3) is 0 Å². The standard InChI is InChI=1S/C25H33ClN2O5S/c1-5-34(30,31)28-24(18(2)3)25(29)27-15-14-20-10-13-22(23(17-20)32-4)33-16-6-7-19-8-11-21(26)12-9-19/h6-13,17-18,24,28H,5,14-16H2,1-4H3,(H,27,29)/b7-6-/t24-/m0/s1. The normalized spacial score (nSPS) is 12.6. The summed E-state index contributed by atoms with van der Waals surface area (Å²) in [6.45, 7) is 5.88. The molecule has 0 saturated heterocycles. The maximum Gasteiger partial charge on any atom is 0.238 e. The molecule has 0 aliphatic carbocycles. The summed E-state index contributed by atoms with van der Waals surface area (Å²) >= 11 is 5.89. The third-order valence-electron chi connectivity index (χ3n) is 5.09. The molecule has 0 aliphatic heterocycles. The van der Waals surface area contributed by atoms with Gasteiger partial charge in [-0.25, -0.2) is 13.1 Å². The van der Waals surface area contributed by atoms with Crippen LogP contribution in [0, 0.1) is 5.92 Å². The van der Waals surface area contributed by atoms with Crippen LogP contribution < -0.4 is 19.5 Å². The molecule has 7 nitrogen and oxygen atoms in total. The molecule has 1 atom stereocenters. The van der Waals surface area contributed by atoms with E-state index in [1.807, 2.05) is 54.6 Å². The van der Waals surface area contributed by atoms with Crippen molar-refractivity contribution < 1.29 is 22.7 Å².